The maximum Gasteiger partial charge on any atom is 0.161 e. The number of aromatic nitrogens is 1. The number of anilines is 1. The Kier molecular flexibility index (Phi) is 4.94. The molecule has 5 nitrogen and oxygen atoms in total. The third kappa shape index (κ3) is 3.61. The molecular formula is C15H17N3O2S. The molecule has 0 amide bonds. The van der Waals surface area contributed by atoms with Crippen molar-refractivity contribution in [2.24, 2.45) is 5.73 Å². The van der Waals surface area contributed by atoms with Gasteiger partial charge in [-0.15, -0.1) is 0 Å². The Hall–Kier alpha value is -2.34. The largest absolute Gasteiger partial charge is 0.493 e. The van der Waals surface area contributed by atoms with Gasteiger partial charge in [0.2, 0.25) is 0 Å². The van der Waals surface area contributed by atoms with E-state index in [-0.39, 0.29) is 0 Å². The number of nitrogens with one attached hydrogen (secondary N) is 1. The molecule has 0 bridgehead atoms. The van der Waals surface area contributed by atoms with Gasteiger partial charge >= 0.3 is 0 Å². The van der Waals surface area contributed by atoms with Gasteiger partial charge in [0.1, 0.15) is 4.99 Å². The van der Waals surface area contributed by atoms with E-state index in [0.29, 0.717) is 23.0 Å². The molecule has 110 valence electrons. The summed E-state index contributed by atoms with van der Waals surface area (Å²) < 4.78 is 10.5. The number of benzene rings is 1. The van der Waals surface area contributed by atoms with E-state index in [1.54, 1.807) is 32.7 Å². The van der Waals surface area contributed by atoms with E-state index in [1.165, 1.54) is 0 Å². The van der Waals surface area contributed by atoms with Crippen LogP contribution in [0.5, 0.6) is 11.5 Å². The van der Waals surface area contributed by atoms with Crippen LogP contribution in [-0.4, -0.2) is 24.2 Å². The zero-order chi connectivity index (χ0) is 15.2. The second-order valence-corrected chi connectivity index (χ2v) is 4.77. The molecule has 0 atom stereocenters. The van der Waals surface area contributed by atoms with Crippen LogP contribution in [0.3, 0.4) is 0 Å². The Morgan fingerprint density at radius 2 is 2.00 bits per heavy atom. The number of nitrogens with two attached hydrogens (primary N) is 1. The molecule has 21 heavy (non-hydrogen) atoms. The SMILES string of the molecule is COc1ccc(CNc2cnccc2C(N)=S)cc1OC. The molecule has 0 radical (unpaired) electrons. The molecule has 1 aromatic heterocycles. The average molecular weight is 303 g/mol. The van der Waals surface area contributed by atoms with Crippen molar-refractivity contribution in [1.82, 2.24) is 4.98 Å². The molecule has 3 N–H and O–H groups in total. The molecule has 0 unspecified atom stereocenters. The zero-order valence-corrected chi connectivity index (χ0v) is 12.7. The summed E-state index contributed by atoms with van der Waals surface area (Å²) in [6.07, 6.45) is 3.37. The standard InChI is InChI=1S/C15H17N3O2S/c1-19-13-4-3-10(7-14(13)20-2)8-18-12-9-17-6-5-11(12)15(16)21/h3-7,9,18H,8H2,1-2H3,(H2,16,21). The summed E-state index contributed by atoms with van der Waals surface area (Å²) in [5.41, 5.74) is 8.32. The van der Waals surface area contributed by atoms with Crippen molar-refractivity contribution in [1.29, 1.82) is 0 Å². The van der Waals surface area contributed by atoms with Crippen molar-refractivity contribution in [3.8, 4) is 11.5 Å². The lowest BCUT2D eigenvalue weighted by Crippen LogP contribution is -2.13. The van der Waals surface area contributed by atoms with Gasteiger partial charge in [0, 0.05) is 18.3 Å². The number of thiocarbonyl (C=S) groups is 1. The van der Waals surface area contributed by atoms with Crippen LogP contribution in [-0.2, 0) is 6.54 Å². The normalized spacial score (nSPS) is 10.0. The van der Waals surface area contributed by atoms with Crippen molar-refractivity contribution in [2.45, 2.75) is 6.54 Å². The topological polar surface area (TPSA) is 69.4 Å². The summed E-state index contributed by atoms with van der Waals surface area (Å²) in [4.78, 5) is 4.42. The molecule has 0 aliphatic carbocycles. The summed E-state index contributed by atoms with van der Waals surface area (Å²) in [5.74, 6) is 1.39. The summed E-state index contributed by atoms with van der Waals surface area (Å²) in [7, 11) is 3.22. The van der Waals surface area contributed by atoms with Gasteiger partial charge in [0.05, 0.1) is 26.1 Å². The Morgan fingerprint density at radius 3 is 2.67 bits per heavy atom. The smallest absolute Gasteiger partial charge is 0.161 e. The number of nitrogens with zero attached hydrogens (tertiary/aromatic N) is 1. The summed E-state index contributed by atoms with van der Waals surface area (Å²) in [5, 5.41) is 3.27. The van der Waals surface area contributed by atoms with Crippen molar-refractivity contribution >= 4 is 22.9 Å². The molecule has 2 aromatic rings. The first-order valence-electron chi connectivity index (χ1n) is 6.34. The molecule has 0 saturated carbocycles. The second-order valence-electron chi connectivity index (χ2n) is 4.33. The minimum atomic E-state index is 0.340. The Morgan fingerprint density at radius 1 is 1.24 bits per heavy atom. The van der Waals surface area contributed by atoms with Gasteiger partial charge in [-0.3, -0.25) is 4.98 Å². The van der Waals surface area contributed by atoms with Gasteiger partial charge in [-0.2, -0.15) is 0 Å². The van der Waals surface area contributed by atoms with Gasteiger partial charge < -0.3 is 20.5 Å². The predicted molar refractivity (Wildman–Crippen MR) is 87.0 cm³/mol. The third-order valence-electron chi connectivity index (χ3n) is 3.02. The van der Waals surface area contributed by atoms with Gasteiger partial charge in [0.15, 0.2) is 11.5 Å². The molecule has 0 spiro atoms. The Bertz CT molecular complexity index is 647. The van der Waals surface area contributed by atoms with Gasteiger partial charge in [-0.05, 0) is 23.8 Å². The summed E-state index contributed by atoms with van der Waals surface area (Å²) in [6, 6.07) is 7.54. The van der Waals surface area contributed by atoms with Gasteiger partial charge in [-0.1, -0.05) is 18.3 Å². The molecule has 0 aliphatic rings. The van der Waals surface area contributed by atoms with E-state index in [2.05, 4.69) is 10.3 Å². The van der Waals surface area contributed by atoms with Crippen molar-refractivity contribution in [3.05, 3.63) is 47.8 Å². The van der Waals surface area contributed by atoms with E-state index < -0.39 is 0 Å². The van der Waals surface area contributed by atoms with E-state index in [1.807, 2.05) is 18.2 Å². The van der Waals surface area contributed by atoms with Gasteiger partial charge in [0.25, 0.3) is 0 Å². The molecule has 6 heteroatoms. The number of rotatable bonds is 6. The highest BCUT2D eigenvalue weighted by Gasteiger charge is 2.07. The fourth-order valence-corrected chi connectivity index (χ4v) is 2.12. The number of hydrogen-bond donors (Lipinski definition) is 2. The van der Waals surface area contributed by atoms with Gasteiger partial charge in [-0.25, -0.2) is 0 Å². The van der Waals surface area contributed by atoms with Crippen LogP contribution < -0.4 is 20.5 Å². The van der Waals surface area contributed by atoms with Crippen LogP contribution in [0, 0.1) is 0 Å². The molecule has 1 aromatic carbocycles. The Labute approximate surface area is 129 Å². The van der Waals surface area contributed by atoms with Crippen LogP contribution in [0.1, 0.15) is 11.1 Å². The molecule has 0 aliphatic heterocycles. The van der Waals surface area contributed by atoms with Crippen LogP contribution in [0.4, 0.5) is 5.69 Å². The summed E-state index contributed by atoms with van der Waals surface area (Å²) in [6.45, 7) is 0.599. The Balaban J connectivity index is 2.15. The van der Waals surface area contributed by atoms with E-state index in [9.17, 15) is 0 Å². The van der Waals surface area contributed by atoms with Crippen LogP contribution in [0.15, 0.2) is 36.7 Å². The van der Waals surface area contributed by atoms with Crippen LogP contribution in [0.25, 0.3) is 0 Å². The molecule has 0 saturated heterocycles. The quantitative estimate of drug-likeness (QED) is 0.798. The lowest BCUT2D eigenvalue weighted by molar-refractivity contribution is 0.354. The fraction of sp³-hybridized carbons (Fsp3) is 0.200. The second kappa shape index (κ2) is 6.90. The maximum atomic E-state index is 5.69. The van der Waals surface area contributed by atoms with E-state index in [0.717, 1.165) is 16.8 Å². The van der Waals surface area contributed by atoms with E-state index in [4.69, 9.17) is 27.4 Å². The monoisotopic (exact) mass is 303 g/mol. The van der Waals surface area contributed by atoms with Crippen LogP contribution >= 0.6 is 12.2 Å². The minimum absolute atomic E-state index is 0.340. The molecule has 2 rings (SSSR count). The number of ether oxygens (including phenoxy) is 2. The molecule has 1 heterocycles. The number of pyridine rings is 1. The minimum Gasteiger partial charge on any atom is -0.493 e. The number of methoxy groups -OCH3 is 2. The van der Waals surface area contributed by atoms with Crippen molar-refractivity contribution in [2.75, 3.05) is 19.5 Å². The highest BCUT2D eigenvalue weighted by Crippen LogP contribution is 2.28. The maximum absolute atomic E-state index is 5.69. The van der Waals surface area contributed by atoms with E-state index >= 15 is 0 Å². The lowest BCUT2D eigenvalue weighted by Gasteiger charge is -2.12. The zero-order valence-electron chi connectivity index (χ0n) is 11.9. The number of hydrogen-bond acceptors (Lipinski definition) is 5. The first-order valence-corrected chi connectivity index (χ1v) is 6.75. The highest BCUT2D eigenvalue weighted by molar-refractivity contribution is 7.80. The highest BCUT2D eigenvalue weighted by atomic mass is 32.1. The first kappa shape index (κ1) is 15.1. The molecule has 0 fully saturated rings. The fourth-order valence-electron chi connectivity index (χ4n) is 1.94. The van der Waals surface area contributed by atoms with Crippen LogP contribution in [0.2, 0.25) is 0 Å². The average Bonchev–Trinajstić information content (AvgIpc) is 2.52. The van der Waals surface area contributed by atoms with Crippen molar-refractivity contribution < 1.29 is 9.47 Å². The summed E-state index contributed by atoms with van der Waals surface area (Å²) >= 11 is 5.03. The predicted octanol–water partition coefficient (Wildman–Crippen LogP) is 2.35. The van der Waals surface area contributed by atoms with Crippen molar-refractivity contribution in [3.63, 3.8) is 0 Å². The third-order valence-corrected chi connectivity index (χ3v) is 3.24. The first-order chi connectivity index (χ1) is 10.2. The lowest BCUT2D eigenvalue weighted by atomic mass is 10.1. The molecular weight excluding hydrogens is 286 g/mol.